The Kier molecular flexibility index (Phi) is 7.06. The number of benzene rings is 2. The fourth-order valence-electron chi connectivity index (χ4n) is 3.32. The first-order valence-corrected chi connectivity index (χ1v) is 11.9. The van der Waals surface area contributed by atoms with Gasteiger partial charge in [-0.1, -0.05) is 42.5 Å². The van der Waals surface area contributed by atoms with Gasteiger partial charge in [-0.05, 0) is 24.6 Å². The summed E-state index contributed by atoms with van der Waals surface area (Å²) >= 11 is 0. The van der Waals surface area contributed by atoms with E-state index in [0.29, 0.717) is 11.0 Å². The summed E-state index contributed by atoms with van der Waals surface area (Å²) < 4.78 is 30.4. The second kappa shape index (κ2) is 9.74. The molecule has 31 heavy (non-hydrogen) atoms. The number of ether oxygens (including phenoxy) is 1. The van der Waals surface area contributed by atoms with E-state index in [1.165, 1.54) is 0 Å². The first kappa shape index (κ1) is 22.5. The molecule has 3 rings (SSSR count). The first-order valence-electron chi connectivity index (χ1n) is 9.88. The van der Waals surface area contributed by atoms with Crippen molar-refractivity contribution < 1.29 is 22.7 Å². The molecule has 1 amide bonds. The van der Waals surface area contributed by atoms with Crippen LogP contribution in [0.1, 0.15) is 18.3 Å². The van der Waals surface area contributed by atoms with Crippen molar-refractivity contribution in [3.8, 4) is 0 Å². The van der Waals surface area contributed by atoms with Crippen LogP contribution in [0.4, 0.5) is 0 Å². The Bertz CT molecular complexity index is 1170. The van der Waals surface area contributed by atoms with Gasteiger partial charge in [0, 0.05) is 12.7 Å². The summed E-state index contributed by atoms with van der Waals surface area (Å²) in [6.07, 6.45) is 1.40. The minimum Gasteiger partial charge on any atom is -0.464 e. The van der Waals surface area contributed by atoms with Crippen LogP contribution < -0.4 is 5.32 Å². The summed E-state index contributed by atoms with van der Waals surface area (Å²) in [6, 6.07) is 15.6. The number of carbonyl (C=O) groups is 2. The lowest BCUT2D eigenvalue weighted by molar-refractivity contribution is -0.147. The Balaban J connectivity index is 1.84. The summed E-state index contributed by atoms with van der Waals surface area (Å²) in [4.78, 5) is 29.7. The third kappa shape index (κ3) is 6.14. The van der Waals surface area contributed by atoms with E-state index < -0.39 is 27.8 Å². The van der Waals surface area contributed by atoms with Gasteiger partial charge in [0.1, 0.15) is 24.2 Å². The number of imidazole rings is 1. The zero-order chi connectivity index (χ0) is 22.4. The van der Waals surface area contributed by atoms with Crippen LogP contribution in [0.3, 0.4) is 0 Å². The third-order valence-electron chi connectivity index (χ3n) is 4.62. The number of nitrogens with zero attached hydrogens (tertiary/aromatic N) is 2. The van der Waals surface area contributed by atoms with Crippen LogP contribution in [0.25, 0.3) is 11.0 Å². The maximum atomic E-state index is 12.9. The van der Waals surface area contributed by atoms with Gasteiger partial charge >= 0.3 is 5.97 Å². The number of hydrogen-bond donors (Lipinski definition) is 1. The van der Waals surface area contributed by atoms with E-state index in [9.17, 15) is 18.0 Å². The lowest BCUT2D eigenvalue weighted by Crippen LogP contribution is -2.44. The molecule has 1 heterocycles. The normalized spacial score (nSPS) is 12.5. The van der Waals surface area contributed by atoms with Gasteiger partial charge in [0.25, 0.3) is 0 Å². The molecule has 8 nitrogen and oxygen atoms in total. The Morgan fingerprint density at radius 3 is 2.45 bits per heavy atom. The number of carbonyl (C=O) groups excluding carboxylic acids is 2. The van der Waals surface area contributed by atoms with Gasteiger partial charge in [-0.2, -0.15) is 0 Å². The molecular formula is C22H25N3O5S. The second-order valence-corrected chi connectivity index (χ2v) is 9.38. The molecule has 0 saturated carbocycles. The molecule has 164 valence electrons. The number of esters is 1. The Labute approximate surface area is 181 Å². The summed E-state index contributed by atoms with van der Waals surface area (Å²) in [5, 5.41) is 2.73. The highest BCUT2D eigenvalue weighted by Crippen LogP contribution is 2.18. The van der Waals surface area contributed by atoms with Crippen LogP contribution in [0, 0.1) is 0 Å². The zero-order valence-electron chi connectivity index (χ0n) is 17.4. The topological polar surface area (TPSA) is 107 Å². The zero-order valence-corrected chi connectivity index (χ0v) is 18.3. The van der Waals surface area contributed by atoms with E-state index >= 15 is 0 Å². The largest absolute Gasteiger partial charge is 0.464 e. The number of aromatic nitrogens is 2. The number of amides is 1. The Morgan fingerprint density at radius 2 is 1.77 bits per heavy atom. The van der Waals surface area contributed by atoms with Crippen molar-refractivity contribution in [2.45, 2.75) is 31.7 Å². The first-order chi connectivity index (χ1) is 14.8. The van der Waals surface area contributed by atoms with Gasteiger partial charge < -0.3 is 14.6 Å². The molecule has 9 heteroatoms. The molecule has 0 radical (unpaired) electrons. The quantitative estimate of drug-likeness (QED) is 0.506. The highest BCUT2D eigenvalue weighted by molar-refractivity contribution is 7.89. The van der Waals surface area contributed by atoms with Crippen LogP contribution >= 0.6 is 0 Å². The number of sulfone groups is 1. The molecule has 0 aliphatic rings. The summed E-state index contributed by atoms with van der Waals surface area (Å²) in [7, 11) is -3.36. The molecule has 1 atom stereocenters. The van der Waals surface area contributed by atoms with E-state index in [0.717, 1.165) is 11.8 Å². The van der Waals surface area contributed by atoms with E-state index in [1.54, 1.807) is 35.8 Å². The predicted octanol–water partition coefficient (Wildman–Crippen LogP) is 1.87. The number of rotatable bonds is 9. The molecule has 0 spiro atoms. The summed E-state index contributed by atoms with van der Waals surface area (Å²) in [5.41, 5.74) is 2.12. The highest BCUT2D eigenvalue weighted by atomic mass is 32.2. The van der Waals surface area contributed by atoms with Crippen LogP contribution in [0.5, 0.6) is 0 Å². The lowest BCUT2D eigenvalue weighted by Gasteiger charge is -2.18. The summed E-state index contributed by atoms with van der Waals surface area (Å²) in [5.74, 6) is -0.978. The van der Waals surface area contributed by atoms with Crippen molar-refractivity contribution in [2.75, 3.05) is 12.9 Å². The molecule has 0 saturated heterocycles. The van der Waals surface area contributed by atoms with Crippen molar-refractivity contribution in [3.05, 3.63) is 66.0 Å². The smallest absolute Gasteiger partial charge is 0.328 e. The molecule has 3 aromatic rings. The molecule has 2 aromatic carbocycles. The van der Waals surface area contributed by atoms with Gasteiger partial charge in [0.15, 0.2) is 9.84 Å². The maximum Gasteiger partial charge on any atom is 0.328 e. The van der Waals surface area contributed by atoms with Crippen LogP contribution in [0.15, 0.2) is 54.6 Å². The third-order valence-corrected chi connectivity index (χ3v) is 5.40. The monoisotopic (exact) mass is 443 g/mol. The van der Waals surface area contributed by atoms with E-state index in [4.69, 9.17) is 4.74 Å². The second-order valence-electron chi connectivity index (χ2n) is 7.23. The minimum absolute atomic E-state index is 0.171. The molecule has 0 bridgehead atoms. The molecule has 0 fully saturated rings. The van der Waals surface area contributed by atoms with E-state index in [1.807, 2.05) is 30.3 Å². The van der Waals surface area contributed by atoms with Crippen molar-refractivity contribution in [1.29, 1.82) is 0 Å². The van der Waals surface area contributed by atoms with E-state index in [-0.39, 0.29) is 31.1 Å². The summed E-state index contributed by atoms with van der Waals surface area (Å²) in [6.45, 7) is 1.73. The fourth-order valence-corrected chi connectivity index (χ4v) is 4.01. The van der Waals surface area contributed by atoms with E-state index in [2.05, 4.69) is 10.3 Å². The number of hydrogen-bond acceptors (Lipinski definition) is 6. The molecule has 1 N–H and O–H groups in total. The average Bonchev–Trinajstić information content (AvgIpc) is 3.04. The van der Waals surface area contributed by atoms with Crippen molar-refractivity contribution in [3.63, 3.8) is 0 Å². The predicted molar refractivity (Wildman–Crippen MR) is 117 cm³/mol. The van der Waals surface area contributed by atoms with Gasteiger partial charge in [-0.25, -0.2) is 18.2 Å². The van der Waals surface area contributed by atoms with Crippen LogP contribution in [-0.4, -0.2) is 48.7 Å². The van der Waals surface area contributed by atoms with Gasteiger partial charge in [0.05, 0.1) is 17.6 Å². The highest BCUT2D eigenvalue weighted by Gasteiger charge is 2.24. The molecule has 1 aromatic heterocycles. The standard InChI is InChI=1S/C22H25N3O5S/c1-3-30-22(27)18(13-16-9-5-4-6-10-16)24-21(26)14-25-19-12-8-7-11-17(19)23-20(25)15-31(2,28)29/h4-12,18H,3,13-15H2,1-2H3,(H,24,26). The van der Waals surface area contributed by atoms with Crippen LogP contribution in [0.2, 0.25) is 0 Å². The Hall–Kier alpha value is -3.20. The van der Waals surface area contributed by atoms with Gasteiger partial charge in [-0.15, -0.1) is 0 Å². The number of nitrogens with one attached hydrogen (secondary N) is 1. The van der Waals surface area contributed by atoms with Gasteiger partial charge in [-0.3, -0.25) is 4.79 Å². The molecular weight excluding hydrogens is 418 g/mol. The molecule has 0 aliphatic heterocycles. The van der Waals surface area contributed by atoms with Crippen molar-refractivity contribution >= 4 is 32.7 Å². The van der Waals surface area contributed by atoms with Crippen molar-refractivity contribution in [2.24, 2.45) is 0 Å². The molecule has 1 unspecified atom stereocenters. The Morgan fingerprint density at radius 1 is 1.10 bits per heavy atom. The SMILES string of the molecule is CCOC(=O)C(Cc1ccccc1)NC(=O)Cn1c(CS(C)(=O)=O)nc2ccccc21. The van der Waals surface area contributed by atoms with Crippen molar-refractivity contribution in [1.82, 2.24) is 14.9 Å². The number of fused-ring (bicyclic) bond motifs is 1. The molecule has 0 aliphatic carbocycles. The average molecular weight is 444 g/mol. The fraction of sp³-hybridized carbons (Fsp3) is 0.318. The number of para-hydroxylation sites is 2. The minimum atomic E-state index is -3.36. The van der Waals surface area contributed by atoms with Gasteiger partial charge in [0.2, 0.25) is 5.91 Å². The lowest BCUT2D eigenvalue weighted by atomic mass is 10.1. The van der Waals surface area contributed by atoms with Crippen LogP contribution in [-0.2, 0) is 42.9 Å². The maximum absolute atomic E-state index is 12.9.